The van der Waals surface area contributed by atoms with E-state index < -0.39 is 35.2 Å². The van der Waals surface area contributed by atoms with Crippen molar-refractivity contribution in [3.63, 3.8) is 0 Å². The molecule has 26 heavy (non-hydrogen) atoms. The van der Waals surface area contributed by atoms with Crippen LogP contribution in [0, 0.1) is 41.1 Å². The van der Waals surface area contributed by atoms with Crippen molar-refractivity contribution in [3.8, 4) is 5.75 Å². The molecule has 1 aromatic carbocycles. The number of rotatable bonds is 7. The molecule has 0 heterocycles. The molecule has 0 bridgehead atoms. The Morgan fingerprint density at radius 1 is 1.00 bits per heavy atom. The molecular formula is C20H27F5O. The number of benzene rings is 1. The summed E-state index contributed by atoms with van der Waals surface area (Å²) < 4.78 is 72.2. The summed E-state index contributed by atoms with van der Waals surface area (Å²) in [5.41, 5.74) is 0. The average Bonchev–Trinajstić information content (AvgIpc) is 2.57. The number of hydrogen-bond donors (Lipinski definition) is 0. The molecule has 1 saturated carbocycles. The van der Waals surface area contributed by atoms with Crippen molar-refractivity contribution >= 4 is 0 Å². The normalized spacial score (nSPS) is 23.5. The van der Waals surface area contributed by atoms with Crippen LogP contribution in [0.4, 0.5) is 22.0 Å². The average molecular weight is 378 g/mol. The van der Waals surface area contributed by atoms with E-state index in [2.05, 4.69) is 18.6 Å². The molecule has 0 radical (unpaired) electrons. The van der Waals surface area contributed by atoms with E-state index in [0.717, 1.165) is 18.8 Å². The molecule has 2 unspecified atom stereocenters. The van der Waals surface area contributed by atoms with Crippen LogP contribution in [-0.2, 0) is 0 Å². The number of hydrogen-bond acceptors (Lipinski definition) is 1. The molecule has 1 aromatic rings. The van der Waals surface area contributed by atoms with Crippen LogP contribution in [0.1, 0.15) is 59.3 Å². The van der Waals surface area contributed by atoms with Crippen molar-refractivity contribution in [2.75, 3.05) is 0 Å². The lowest BCUT2D eigenvalue weighted by atomic mass is 9.75. The first-order valence-electron chi connectivity index (χ1n) is 9.31. The Hall–Kier alpha value is -1.33. The molecule has 0 aromatic heterocycles. The Bertz CT molecular complexity index is 573. The predicted octanol–water partition coefficient (Wildman–Crippen LogP) is 6.95. The van der Waals surface area contributed by atoms with E-state index in [9.17, 15) is 22.0 Å². The molecule has 0 amide bonds. The zero-order valence-electron chi connectivity index (χ0n) is 15.5. The Morgan fingerprint density at radius 2 is 1.54 bits per heavy atom. The van der Waals surface area contributed by atoms with Crippen molar-refractivity contribution in [1.29, 1.82) is 0 Å². The highest BCUT2D eigenvalue weighted by atomic mass is 19.3. The molecule has 1 fully saturated rings. The SMILES string of the molecule is CC1CCC(C(C)CCC(C)C(F)(F)Oc2cc(F)c(F)c(F)c2)CC1. The molecule has 2 atom stereocenters. The fraction of sp³-hybridized carbons (Fsp3) is 0.700. The summed E-state index contributed by atoms with van der Waals surface area (Å²) in [6.45, 7) is 5.69. The number of ether oxygens (including phenoxy) is 1. The summed E-state index contributed by atoms with van der Waals surface area (Å²) >= 11 is 0. The third kappa shape index (κ3) is 5.34. The van der Waals surface area contributed by atoms with E-state index in [1.54, 1.807) is 0 Å². The van der Waals surface area contributed by atoms with E-state index >= 15 is 0 Å². The smallest absolute Gasteiger partial charge is 0.400 e. The molecule has 1 aliphatic carbocycles. The molecule has 2 rings (SSSR count). The van der Waals surface area contributed by atoms with Crippen LogP contribution in [0.2, 0.25) is 0 Å². The molecule has 0 spiro atoms. The largest absolute Gasteiger partial charge is 0.432 e. The summed E-state index contributed by atoms with van der Waals surface area (Å²) in [6, 6.07) is 0.871. The first-order chi connectivity index (χ1) is 12.1. The second-order valence-corrected chi connectivity index (χ2v) is 7.84. The van der Waals surface area contributed by atoms with Gasteiger partial charge in [0.1, 0.15) is 5.75 Å². The van der Waals surface area contributed by atoms with Gasteiger partial charge < -0.3 is 4.74 Å². The van der Waals surface area contributed by atoms with E-state index in [0.29, 0.717) is 30.4 Å². The second-order valence-electron chi connectivity index (χ2n) is 7.84. The van der Waals surface area contributed by atoms with Gasteiger partial charge in [-0.05, 0) is 43.4 Å². The molecule has 1 aliphatic rings. The van der Waals surface area contributed by atoms with Crippen LogP contribution in [0.15, 0.2) is 12.1 Å². The van der Waals surface area contributed by atoms with Crippen molar-refractivity contribution in [1.82, 2.24) is 0 Å². The Kier molecular flexibility index (Phi) is 6.92. The van der Waals surface area contributed by atoms with Crippen LogP contribution in [0.25, 0.3) is 0 Å². The highest BCUT2D eigenvalue weighted by Crippen LogP contribution is 2.38. The molecule has 0 N–H and O–H groups in total. The lowest BCUT2D eigenvalue weighted by Gasteiger charge is -2.32. The van der Waals surface area contributed by atoms with Gasteiger partial charge in [0.05, 0.1) is 5.92 Å². The van der Waals surface area contributed by atoms with Crippen LogP contribution < -0.4 is 4.74 Å². The van der Waals surface area contributed by atoms with Crippen molar-refractivity contribution in [2.45, 2.75) is 65.4 Å². The summed E-state index contributed by atoms with van der Waals surface area (Å²) in [5.74, 6) is -4.99. The summed E-state index contributed by atoms with van der Waals surface area (Å²) in [7, 11) is 0. The lowest BCUT2D eigenvalue weighted by Crippen LogP contribution is -2.33. The Labute approximate surface area is 151 Å². The zero-order chi connectivity index (χ0) is 19.5. The fourth-order valence-electron chi connectivity index (χ4n) is 3.62. The maximum absolute atomic E-state index is 14.2. The molecule has 148 valence electrons. The van der Waals surface area contributed by atoms with Gasteiger partial charge in [-0.1, -0.05) is 33.6 Å². The Balaban J connectivity index is 1.89. The lowest BCUT2D eigenvalue weighted by molar-refractivity contribution is -0.213. The zero-order valence-corrected chi connectivity index (χ0v) is 15.5. The minimum Gasteiger partial charge on any atom is -0.432 e. The van der Waals surface area contributed by atoms with Gasteiger partial charge in [-0.2, -0.15) is 8.78 Å². The third-order valence-corrected chi connectivity index (χ3v) is 5.71. The molecule has 6 heteroatoms. The van der Waals surface area contributed by atoms with Crippen LogP contribution >= 0.6 is 0 Å². The van der Waals surface area contributed by atoms with E-state index in [1.807, 2.05) is 0 Å². The van der Waals surface area contributed by atoms with Crippen molar-refractivity contribution < 1.29 is 26.7 Å². The minimum atomic E-state index is -3.59. The Morgan fingerprint density at radius 3 is 2.08 bits per heavy atom. The summed E-state index contributed by atoms with van der Waals surface area (Å²) in [5, 5.41) is 0. The molecule has 0 saturated heterocycles. The van der Waals surface area contributed by atoms with Crippen molar-refractivity contribution in [3.05, 3.63) is 29.6 Å². The quantitative estimate of drug-likeness (QED) is 0.368. The topological polar surface area (TPSA) is 9.23 Å². The number of alkyl halides is 2. The van der Waals surface area contributed by atoms with Gasteiger partial charge in [0.25, 0.3) is 0 Å². The highest BCUT2D eigenvalue weighted by molar-refractivity contribution is 5.25. The van der Waals surface area contributed by atoms with Gasteiger partial charge in [0, 0.05) is 12.1 Å². The van der Waals surface area contributed by atoms with E-state index in [1.165, 1.54) is 19.8 Å². The van der Waals surface area contributed by atoms with Gasteiger partial charge in [0.15, 0.2) is 17.5 Å². The maximum atomic E-state index is 14.2. The summed E-state index contributed by atoms with van der Waals surface area (Å²) in [4.78, 5) is 0. The van der Waals surface area contributed by atoms with Crippen LogP contribution in [0.5, 0.6) is 5.75 Å². The van der Waals surface area contributed by atoms with Crippen LogP contribution in [-0.4, -0.2) is 6.11 Å². The fourth-order valence-corrected chi connectivity index (χ4v) is 3.62. The predicted molar refractivity (Wildman–Crippen MR) is 90.6 cm³/mol. The van der Waals surface area contributed by atoms with Gasteiger partial charge in [-0.15, -0.1) is 0 Å². The minimum absolute atomic E-state index is 0.242. The molecule has 0 aliphatic heterocycles. The first kappa shape index (κ1) is 21.0. The van der Waals surface area contributed by atoms with Gasteiger partial charge >= 0.3 is 6.11 Å². The summed E-state index contributed by atoms with van der Waals surface area (Å²) in [6.07, 6.45) is 1.95. The molecule has 1 nitrogen and oxygen atoms in total. The van der Waals surface area contributed by atoms with Crippen molar-refractivity contribution in [2.24, 2.45) is 23.7 Å². The third-order valence-electron chi connectivity index (χ3n) is 5.71. The van der Waals surface area contributed by atoms with Crippen LogP contribution in [0.3, 0.4) is 0 Å². The van der Waals surface area contributed by atoms with Gasteiger partial charge in [-0.25, -0.2) is 13.2 Å². The van der Waals surface area contributed by atoms with Gasteiger partial charge in [0.2, 0.25) is 0 Å². The van der Waals surface area contributed by atoms with Gasteiger partial charge in [-0.3, -0.25) is 0 Å². The number of halogens is 5. The molecular weight excluding hydrogens is 351 g/mol. The first-order valence-corrected chi connectivity index (χ1v) is 9.31. The standard InChI is InChI=1S/C20H27F5O/c1-12-4-8-15(9-5-12)13(2)6-7-14(3)20(24,25)26-16-10-17(21)19(23)18(22)11-16/h10-15H,4-9H2,1-3H3. The monoisotopic (exact) mass is 378 g/mol. The van der Waals surface area contributed by atoms with E-state index in [4.69, 9.17) is 0 Å². The van der Waals surface area contributed by atoms with E-state index in [-0.39, 0.29) is 6.42 Å². The maximum Gasteiger partial charge on any atom is 0.400 e. The highest BCUT2D eigenvalue weighted by Gasteiger charge is 2.39. The second kappa shape index (κ2) is 8.57.